The lowest BCUT2D eigenvalue weighted by Gasteiger charge is -2.37. The van der Waals surface area contributed by atoms with E-state index in [0.29, 0.717) is 6.54 Å². The van der Waals surface area contributed by atoms with Crippen LogP contribution >= 0.6 is 0 Å². The van der Waals surface area contributed by atoms with Gasteiger partial charge in [0.05, 0.1) is 19.3 Å². The fourth-order valence-corrected chi connectivity index (χ4v) is 5.10. The summed E-state index contributed by atoms with van der Waals surface area (Å²) >= 11 is 0. The van der Waals surface area contributed by atoms with Gasteiger partial charge in [0.15, 0.2) is 0 Å². The van der Waals surface area contributed by atoms with Gasteiger partial charge in [-0.2, -0.15) is 0 Å². The summed E-state index contributed by atoms with van der Waals surface area (Å²) in [5, 5.41) is 14.1. The summed E-state index contributed by atoms with van der Waals surface area (Å²) in [6.07, 6.45) is 6.51. The zero-order valence-corrected chi connectivity index (χ0v) is 18.7. The highest BCUT2D eigenvalue weighted by Crippen LogP contribution is 2.39. The second kappa shape index (κ2) is 10.9. The van der Waals surface area contributed by atoms with Crippen LogP contribution in [0.15, 0.2) is 66.7 Å². The van der Waals surface area contributed by atoms with Crippen molar-refractivity contribution in [3.63, 3.8) is 0 Å². The Bertz CT molecular complexity index is 880. The summed E-state index contributed by atoms with van der Waals surface area (Å²) in [6, 6.07) is 20.5. The summed E-state index contributed by atoms with van der Waals surface area (Å²) in [5.74, 6) is -0.0846. The lowest BCUT2D eigenvalue weighted by molar-refractivity contribution is -0.116. The molecule has 0 unspecified atom stereocenters. The van der Waals surface area contributed by atoms with Gasteiger partial charge in [-0.1, -0.05) is 60.7 Å². The molecule has 1 heterocycles. The van der Waals surface area contributed by atoms with E-state index >= 15 is 0 Å². The van der Waals surface area contributed by atoms with E-state index in [1.807, 2.05) is 42.5 Å². The molecule has 2 aromatic rings. The molecule has 1 saturated heterocycles. The fraction of sp³-hybridized carbons (Fsp3) is 0.444. The molecule has 0 spiro atoms. The molecule has 0 radical (unpaired) electrons. The Morgan fingerprint density at radius 2 is 1.69 bits per heavy atom. The molecule has 5 heteroatoms. The molecule has 32 heavy (non-hydrogen) atoms. The molecular formula is C27H34N2O3. The number of nitrogens with one attached hydrogen (secondary N) is 1. The Kier molecular flexibility index (Phi) is 7.74. The first-order valence-corrected chi connectivity index (χ1v) is 11.7. The van der Waals surface area contributed by atoms with Gasteiger partial charge in [-0.3, -0.25) is 9.69 Å². The summed E-state index contributed by atoms with van der Waals surface area (Å²) in [7, 11) is 0. The number of aliphatic hydroxyl groups is 1. The van der Waals surface area contributed by atoms with Gasteiger partial charge in [0.2, 0.25) is 5.91 Å². The van der Waals surface area contributed by atoms with Crippen LogP contribution in [0.4, 0.5) is 0 Å². The summed E-state index contributed by atoms with van der Waals surface area (Å²) in [6.45, 7) is 3.79. The van der Waals surface area contributed by atoms with E-state index in [1.54, 1.807) is 6.08 Å². The Morgan fingerprint density at radius 3 is 2.41 bits per heavy atom. The van der Waals surface area contributed by atoms with Crippen molar-refractivity contribution in [1.82, 2.24) is 10.2 Å². The molecule has 1 aliphatic carbocycles. The lowest BCUT2D eigenvalue weighted by atomic mass is 9.74. The van der Waals surface area contributed by atoms with Crippen molar-refractivity contribution in [2.45, 2.75) is 43.2 Å². The fourth-order valence-electron chi connectivity index (χ4n) is 5.10. The molecule has 2 aliphatic rings. The molecule has 1 amide bonds. The van der Waals surface area contributed by atoms with Crippen LogP contribution in [0.25, 0.3) is 6.08 Å². The van der Waals surface area contributed by atoms with E-state index in [2.05, 4.69) is 34.5 Å². The molecule has 1 saturated carbocycles. The van der Waals surface area contributed by atoms with E-state index in [1.165, 1.54) is 5.56 Å². The number of carbonyl (C=O) groups is 1. The van der Waals surface area contributed by atoms with Gasteiger partial charge in [-0.15, -0.1) is 0 Å². The number of rotatable bonds is 6. The van der Waals surface area contributed by atoms with Crippen LogP contribution in [0.1, 0.15) is 36.8 Å². The van der Waals surface area contributed by atoms with Crippen molar-refractivity contribution in [2.24, 2.45) is 0 Å². The summed E-state index contributed by atoms with van der Waals surface area (Å²) < 4.78 is 5.51. The largest absolute Gasteiger partial charge is 0.391 e. The Morgan fingerprint density at radius 1 is 1.03 bits per heavy atom. The Balaban J connectivity index is 1.47. The van der Waals surface area contributed by atoms with E-state index in [9.17, 15) is 9.90 Å². The Labute approximate surface area is 191 Å². The van der Waals surface area contributed by atoms with Crippen molar-refractivity contribution >= 4 is 12.0 Å². The molecule has 3 atom stereocenters. The van der Waals surface area contributed by atoms with Gasteiger partial charge in [-0.05, 0) is 42.9 Å². The molecule has 2 aromatic carbocycles. The first kappa shape index (κ1) is 22.7. The topological polar surface area (TPSA) is 61.8 Å². The Hall–Kier alpha value is -2.47. The quantitative estimate of drug-likeness (QED) is 0.541. The second-order valence-corrected chi connectivity index (χ2v) is 8.97. The van der Waals surface area contributed by atoms with Gasteiger partial charge >= 0.3 is 0 Å². The minimum absolute atomic E-state index is 0.0846. The standard InChI is InChI=1S/C27H34N2O3/c30-25-14-16-27(23-9-5-2-6-10-23,15-13-24(25)29-17-19-32-20-18-29)21-28-26(31)12-11-22-7-3-1-4-8-22/h1-12,24-25,30H,13-21H2,(H,28,31)/b12-11+/t24-,25-,27-/m1/s1. The number of benzene rings is 2. The molecule has 5 nitrogen and oxygen atoms in total. The highest BCUT2D eigenvalue weighted by atomic mass is 16.5. The van der Waals surface area contributed by atoms with Gasteiger partial charge in [-0.25, -0.2) is 0 Å². The monoisotopic (exact) mass is 434 g/mol. The molecule has 1 aliphatic heterocycles. The first-order valence-electron chi connectivity index (χ1n) is 11.7. The zero-order valence-electron chi connectivity index (χ0n) is 18.7. The van der Waals surface area contributed by atoms with Crippen molar-refractivity contribution in [2.75, 3.05) is 32.8 Å². The summed E-state index contributed by atoms with van der Waals surface area (Å²) in [5.41, 5.74) is 2.06. The van der Waals surface area contributed by atoms with Gasteiger partial charge in [0.1, 0.15) is 0 Å². The van der Waals surface area contributed by atoms with E-state index < -0.39 is 0 Å². The van der Waals surface area contributed by atoms with Gasteiger partial charge in [0, 0.05) is 37.2 Å². The number of aliphatic hydroxyl groups excluding tert-OH is 1. The minimum atomic E-state index is -0.354. The maximum absolute atomic E-state index is 12.6. The third-order valence-electron chi connectivity index (χ3n) is 7.01. The van der Waals surface area contributed by atoms with Crippen LogP contribution in [-0.4, -0.2) is 60.9 Å². The number of carbonyl (C=O) groups excluding carboxylic acids is 1. The highest BCUT2D eigenvalue weighted by molar-refractivity contribution is 5.91. The lowest BCUT2D eigenvalue weighted by Crippen LogP contribution is -2.48. The zero-order chi connectivity index (χ0) is 22.2. The number of morpholine rings is 1. The molecule has 2 N–H and O–H groups in total. The molecule has 170 valence electrons. The molecular weight excluding hydrogens is 400 g/mol. The average Bonchev–Trinajstić information content (AvgIpc) is 3.03. The van der Waals surface area contributed by atoms with Crippen LogP contribution in [0.5, 0.6) is 0 Å². The van der Waals surface area contributed by atoms with Crippen molar-refractivity contribution in [3.05, 3.63) is 77.9 Å². The molecule has 2 fully saturated rings. The van der Waals surface area contributed by atoms with Crippen LogP contribution in [0.3, 0.4) is 0 Å². The first-order chi connectivity index (χ1) is 15.7. The third kappa shape index (κ3) is 5.66. The van der Waals surface area contributed by atoms with Gasteiger partial charge in [0.25, 0.3) is 0 Å². The van der Waals surface area contributed by atoms with E-state index in [4.69, 9.17) is 4.74 Å². The third-order valence-corrected chi connectivity index (χ3v) is 7.01. The predicted molar refractivity (Wildman–Crippen MR) is 127 cm³/mol. The van der Waals surface area contributed by atoms with Gasteiger partial charge < -0.3 is 15.2 Å². The smallest absolute Gasteiger partial charge is 0.244 e. The molecule has 0 bridgehead atoms. The minimum Gasteiger partial charge on any atom is -0.391 e. The van der Waals surface area contributed by atoms with Crippen LogP contribution in [0.2, 0.25) is 0 Å². The predicted octanol–water partition coefficient (Wildman–Crippen LogP) is 3.39. The van der Waals surface area contributed by atoms with E-state index in [0.717, 1.165) is 57.6 Å². The number of amides is 1. The number of nitrogens with zero attached hydrogens (tertiary/aromatic N) is 1. The van der Waals surface area contributed by atoms with Crippen molar-refractivity contribution in [3.8, 4) is 0 Å². The average molecular weight is 435 g/mol. The summed E-state index contributed by atoms with van der Waals surface area (Å²) in [4.78, 5) is 15.0. The molecule has 0 aromatic heterocycles. The van der Waals surface area contributed by atoms with Crippen LogP contribution in [0, 0.1) is 0 Å². The molecule has 4 rings (SSSR count). The van der Waals surface area contributed by atoms with E-state index in [-0.39, 0.29) is 23.5 Å². The second-order valence-electron chi connectivity index (χ2n) is 8.97. The van der Waals surface area contributed by atoms with Crippen LogP contribution < -0.4 is 5.32 Å². The number of ether oxygens (including phenoxy) is 1. The number of hydrogen-bond donors (Lipinski definition) is 2. The maximum atomic E-state index is 12.6. The SMILES string of the molecule is O=C(/C=C/c1ccccc1)NC[C@]1(c2ccccc2)CC[C@@H](O)[C@H](N2CCOCC2)CC1. The highest BCUT2D eigenvalue weighted by Gasteiger charge is 2.39. The van der Waals surface area contributed by atoms with Crippen molar-refractivity contribution < 1.29 is 14.6 Å². The normalized spacial score (nSPS) is 27.2. The number of hydrogen-bond acceptors (Lipinski definition) is 4. The van der Waals surface area contributed by atoms with Crippen molar-refractivity contribution in [1.29, 1.82) is 0 Å². The van der Waals surface area contributed by atoms with Crippen LogP contribution in [-0.2, 0) is 14.9 Å². The maximum Gasteiger partial charge on any atom is 0.244 e.